The summed E-state index contributed by atoms with van der Waals surface area (Å²) in [6.07, 6.45) is 1.90. The van der Waals surface area contributed by atoms with Crippen molar-refractivity contribution in [3.05, 3.63) is 0 Å². The molecule has 0 unspecified atom stereocenters. The molecular weight excluding hydrogens is 276 g/mol. The monoisotopic (exact) mass is 294 g/mol. The third-order valence-corrected chi connectivity index (χ3v) is 4.47. The standard InChI is InChI=1S/C10H18N2O6S/c1-18-9(13)7-8(10(14)15)11-19(16,17)12-5-3-2-4-6-12/h8,11H,2-7H2,1H3,(H,14,15)/t8-/m0/s1. The molecule has 0 amide bonds. The molecule has 0 aromatic rings. The molecule has 0 aromatic carbocycles. The van der Waals surface area contributed by atoms with Gasteiger partial charge >= 0.3 is 11.9 Å². The maximum atomic E-state index is 12.0. The van der Waals surface area contributed by atoms with E-state index < -0.39 is 34.6 Å². The number of rotatable bonds is 6. The van der Waals surface area contributed by atoms with Gasteiger partial charge in [-0.05, 0) is 12.8 Å². The summed E-state index contributed by atoms with van der Waals surface area (Å²) in [5.41, 5.74) is 0. The summed E-state index contributed by atoms with van der Waals surface area (Å²) in [6.45, 7) is 0.722. The molecule has 0 aromatic heterocycles. The van der Waals surface area contributed by atoms with Crippen molar-refractivity contribution in [2.24, 2.45) is 0 Å². The molecule has 19 heavy (non-hydrogen) atoms. The number of carbonyl (C=O) groups is 2. The van der Waals surface area contributed by atoms with Crippen molar-refractivity contribution in [1.29, 1.82) is 0 Å². The molecule has 2 N–H and O–H groups in total. The molecule has 0 radical (unpaired) electrons. The quantitative estimate of drug-likeness (QED) is 0.628. The summed E-state index contributed by atoms with van der Waals surface area (Å²) in [5, 5.41) is 8.93. The number of nitrogens with zero attached hydrogens (tertiary/aromatic N) is 1. The molecule has 8 nitrogen and oxygen atoms in total. The summed E-state index contributed by atoms with van der Waals surface area (Å²) < 4.78 is 31.5. The van der Waals surface area contributed by atoms with Crippen LogP contribution in [0.5, 0.6) is 0 Å². The summed E-state index contributed by atoms with van der Waals surface area (Å²) in [6, 6.07) is -1.51. The first-order valence-electron chi connectivity index (χ1n) is 5.94. The Hall–Kier alpha value is -1.19. The second kappa shape index (κ2) is 6.83. The largest absolute Gasteiger partial charge is 0.480 e. The number of carbonyl (C=O) groups excluding carboxylic acids is 1. The van der Waals surface area contributed by atoms with Gasteiger partial charge < -0.3 is 9.84 Å². The second-order valence-corrected chi connectivity index (χ2v) is 5.96. The van der Waals surface area contributed by atoms with Crippen molar-refractivity contribution in [1.82, 2.24) is 9.03 Å². The average molecular weight is 294 g/mol. The van der Waals surface area contributed by atoms with E-state index in [1.807, 2.05) is 4.72 Å². The Morgan fingerprint density at radius 3 is 2.37 bits per heavy atom. The van der Waals surface area contributed by atoms with Crippen LogP contribution < -0.4 is 4.72 Å². The first-order chi connectivity index (χ1) is 8.86. The molecule has 0 aliphatic carbocycles. The SMILES string of the molecule is COC(=O)C[C@H](NS(=O)(=O)N1CCCCC1)C(=O)O. The normalized spacial score (nSPS) is 18.8. The predicted octanol–water partition coefficient (Wildman–Crippen LogP) is -0.677. The highest BCUT2D eigenvalue weighted by molar-refractivity contribution is 7.87. The van der Waals surface area contributed by atoms with Gasteiger partial charge in [0.15, 0.2) is 0 Å². The van der Waals surface area contributed by atoms with E-state index in [1.54, 1.807) is 0 Å². The van der Waals surface area contributed by atoms with Gasteiger partial charge in [-0.2, -0.15) is 17.4 Å². The Morgan fingerprint density at radius 2 is 1.89 bits per heavy atom. The van der Waals surface area contributed by atoms with Crippen LogP contribution in [0.25, 0.3) is 0 Å². The van der Waals surface area contributed by atoms with Gasteiger partial charge in [0.25, 0.3) is 10.2 Å². The number of hydrogen-bond donors (Lipinski definition) is 2. The second-order valence-electron chi connectivity index (χ2n) is 4.25. The van der Waals surface area contributed by atoms with E-state index in [-0.39, 0.29) is 0 Å². The van der Waals surface area contributed by atoms with Crippen LogP contribution in [0.4, 0.5) is 0 Å². The first-order valence-corrected chi connectivity index (χ1v) is 7.38. The van der Waals surface area contributed by atoms with Crippen molar-refractivity contribution in [3.8, 4) is 0 Å². The van der Waals surface area contributed by atoms with Crippen LogP contribution in [0.2, 0.25) is 0 Å². The van der Waals surface area contributed by atoms with Gasteiger partial charge in [0.1, 0.15) is 6.04 Å². The summed E-state index contributed by atoms with van der Waals surface area (Å²) in [5.74, 6) is -2.19. The van der Waals surface area contributed by atoms with Crippen LogP contribution in [0.15, 0.2) is 0 Å². The van der Waals surface area contributed by atoms with Crippen molar-refractivity contribution in [3.63, 3.8) is 0 Å². The lowest BCUT2D eigenvalue weighted by molar-refractivity contribution is -0.147. The van der Waals surface area contributed by atoms with E-state index in [4.69, 9.17) is 5.11 Å². The fourth-order valence-electron chi connectivity index (χ4n) is 1.79. The summed E-state index contributed by atoms with van der Waals surface area (Å²) in [4.78, 5) is 22.0. The molecule has 1 fully saturated rings. The fourth-order valence-corrected chi connectivity index (χ4v) is 3.22. The Bertz CT molecular complexity index is 429. The van der Waals surface area contributed by atoms with Crippen LogP contribution >= 0.6 is 0 Å². The highest BCUT2D eigenvalue weighted by atomic mass is 32.2. The lowest BCUT2D eigenvalue weighted by Crippen LogP contribution is -2.50. The van der Waals surface area contributed by atoms with Gasteiger partial charge in [-0.25, -0.2) is 0 Å². The molecule has 1 atom stereocenters. The van der Waals surface area contributed by atoms with E-state index in [0.29, 0.717) is 13.1 Å². The van der Waals surface area contributed by atoms with Crippen LogP contribution in [-0.2, 0) is 24.5 Å². The van der Waals surface area contributed by atoms with Crippen LogP contribution in [0.3, 0.4) is 0 Å². The van der Waals surface area contributed by atoms with E-state index in [0.717, 1.165) is 26.4 Å². The van der Waals surface area contributed by atoms with Gasteiger partial charge in [0.2, 0.25) is 0 Å². The Morgan fingerprint density at radius 1 is 1.32 bits per heavy atom. The topological polar surface area (TPSA) is 113 Å². The zero-order valence-corrected chi connectivity index (χ0v) is 11.5. The van der Waals surface area contributed by atoms with Crippen LogP contribution in [0, 0.1) is 0 Å². The minimum atomic E-state index is -3.89. The molecule has 1 heterocycles. The molecule has 0 bridgehead atoms. The number of carboxylic acids is 1. The third kappa shape index (κ3) is 4.77. The number of esters is 1. The van der Waals surface area contributed by atoms with Crippen molar-refractivity contribution in [2.45, 2.75) is 31.7 Å². The molecule has 110 valence electrons. The molecule has 1 aliphatic heterocycles. The highest BCUT2D eigenvalue weighted by Gasteiger charge is 2.31. The molecule has 1 saturated heterocycles. The molecule has 0 saturated carbocycles. The molecule has 1 aliphatic rings. The van der Waals surface area contributed by atoms with Gasteiger partial charge in [-0.1, -0.05) is 6.42 Å². The van der Waals surface area contributed by atoms with Gasteiger partial charge in [0.05, 0.1) is 13.5 Å². The molecular formula is C10H18N2O6S. The maximum absolute atomic E-state index is 12.0. The maximum Gasteiger partial charge on any atom is 0.322 e. The highest BCUT2D eigenvalue weighted by Crippen LogP contribution is 2.12. The zero-order chi connectivity index (χ0) is 14.5. The number of carboxylic acid groups (broad SMARTS) is 1. The Labute approximate surface area is 111 Å². The summed E-state index contributed by atoms with van der Waals surface area (Å²) >= 11 is 0. The number of methoxy groups -OCH3 is 1. The van der Waals surface area contributed by atoms with Crippen molar-refractivity contribution in [2.75, 3.05) is 20.2 Å². The minimum absolute atomic E-state index is 0.361. The molecule has 1 rings (SSSR count). The lowest BCUT2D eigenvalue weighted by atomic mass is 10.2. The van der Waals surface area contributed by atoms with E-state index >= 15 is 0 Å². The Kier molecular flexibility index (Phi) is 5.70. The third-order valence-electron chi connectivity index (χ3n) is 2.84. The van der Waals surface area contributed by atoms with Crippen molar-refractivity contribution >= 4 is 22.1 Å². The molecule has 9 heteroatoms. The smallest absolute Gasteiger partial charge is 0.322 e. The number of aliphatic carboxylic acids is 1. The lowest BCUT2D eigenvalue weighted by Gasteiger charge is -2.27. The fraction of sp³-hybridized carbons (Fsp3) is 0.800. The minimum Gasteiger partial charge on any atom is -0.480 e. The van der Waals surface area contributed by atoms with Gasteiger partial charge in [-0.15, -0.1) is 0 Å². The number of ether oxygens (including phenoxy) is 1. The number of hydrogen-bond acceptors (Lipinski definition) is 5. The van der Waals surface area contributed by atoms with Crippen LogP contribution in [-0.4, -0.2) is 56.0 Å². The van der Waals surface area contributed by atoms with E-state index in [9.17, 15) is 18.0 Å². The molecule has 0 spiro atoms. The van der Waals surface area contributed by atoms with Gasteiger partial charge in [-0.3, -0.25) is 9.59 Å². The number of nitrogens with one attached hydrogen (secondary N) is 1. The summed E-state index contributed by atoms with van der Waals surface area (Å²) in [7, 11) is -2.78. The van der Waals surface area contributed by atoms with Crippen LogP contribution in [0.1, 0.15) is 25.7 Å². The van der Waals surface area contributed by atoms with Crippen molar-refractivity contribution < 1.29 is 27.9 Å². The van der Waals surface area contributed by atoms with Gasteiger partial charge in [0, 0.05) is 13.1 Å². The number of piperidine rings is 1. The predicted molar refractivity (Wildman–Crippen MR) is 65.5 cm³/mol. The average Bonchev–Trinajstić information content (AvgIpc) is 2.38. The van der Waals surface area contributed by atoms with E-state index in [1.165, 1.54) is 4.31 Å². The zero-order valence-electron chi connectivity index (χ0n) is 10.7. The Balaban J connectivity index is 2.71. The van der Waals surface area contributed by atoms with E-state index in [2.05, 4.69) is 4.74 Å². The first kappa shape index (κ1) is 15.9.